The van der Waals surface area contributed by atoms with Crippen LogP contribution in [-0.2, 0) is 10.0 Å². The lowest BCUT2D eigenvalue weighted by Gasteiger charge is -2.33. The predicted molar refractivity (Wildman–Crippen MR) is 92.1 cm³/mol. The smallest absolute Gasteiger partial charge is 0.242 e. The number of nitrogens with one attached hydrogen (secondary N) is 2. The van der Waals surface area contributed by atoms with Crippen LogP contribution < -0.4 is 10.0 Å². The molecule has 0 aromatic heterocycles. The molecule has 0 radical (unpaired) electrons. The van der Waals surface area contributed by atoms with E-state index in [4.69, 9.17) is 11.6 Å². The fraction of sp³-hybridized carbons (Fsp3) is 0.294. The summed E-state index contributed by atoms with van der Waals surface area (Å²) in [5.41, 5.74) is 0.562. The van der Waals surface area contributed by atoms with Crippen LogP contribution in [0.15, 0.2) is 47.4 Å². The van der Waals surface area contributed by atoms with Gasteiger partial charge in [0.2, 0.25) is 10.0 Å². The van der Waals surface area contributed by atoms with Crippen LogP contribution in [0.2, 0.25) is 5.02 Å². The minimum atomic E-state index is -3.84. The molecule has 1 heterocycles. The third-order valence-corrected chi connectivity index (χ3v) is 6.28. The van der Waals surface area contributed by atoms with Gasteiger partial charge < -0.3 is 5.32 Å². The van der Waals surface area contributed by atoms with Crippen LogP contribution in [0.4, 0.5) is 8.78 Å². The van der Waals surface area contributed by atoms with Crippen molar-refractivity contribution in [3.8, 4) is 0 Å². The molecule has 1 fully saturated rings. The maximum absolute atomic E-state index is 13.6. The van der Waals surface area contributed by atoms with E-state index in [1.54, 1.807) is 12.1 Å². The highest BCUT2D eigenvalue weighted by molar-refractivity contribution is 7.89. The zero-order chi connectivity index (χ0) is 18.0. The zero-order valence-electron chi connectivity index (χ0n) is 13.2. The summed E-state index contributed by atoms with van der Waals surface area (Å²) in [4.78, 5) is -0.00808. The van der Waals surface area contributed by atoms with E-state index in [9.17, 15) is 17.2 Å². The molecule has 1 aliphatic rings. The molecule has 134 valence electrons. The second-order valence-electron chi connectivity index (χ2n) is 5.93. The summed E-state index contributed by atoms with van der Waals surface area (Å²) in [5.74, 6) is -2.14. The molecule has 0 bridgehead atoms. The third kappa shape index (κ3) is 4.00. The molecule has 2 aromatic rings. The number of halogens is 3. The highest BCUT2D eigenvalue weighted by atomic mass is 35.5. The highest BCUT2D eigenvalue weighted by Gasteiger charge is 2.31. The van der Waals surface area contributed by atoms with E-state index in [0.29, 0.717) is 25.1 Å². The molecule has 1 saturated heterocycles. The Hall–Kier alpha value is -1.54. The summed E-state index contributed by atoms with van der Waals surface area (Å²) in [5, 5.41) is 3.25. The van der Waals surface area contributed by atoms with Crippen molar-refractivity contribution in [3.05, 3.63) is 64.7 Å². The van der Waals surface area contributed by atoms with Crippen LogP contribution in [0.3, 0.4) is 0 Å². The van der Waals surface area contributed by atoms with Crippen molar-refractivity contribution < 1.29 is 17.2 Å². The van der Waals surface area contributed by atoms with E-state index in [2.05, 4.69) is 10.0 Å². The monoisotopic (exact) mass is 386 g/mol. The molecule has 8 heteroatoms. The van der Waals surface area contributed by atoms with Gasteiger partial charge in [0, 0.05) is 18.5 Å². The number of benzene rings is 2. The Morgan fingerprint density at radius 1 is 1.12 bits per heavy atom. The van der Waals surface area contributed by atoms with Gasteiger partial charge in [0.25, 0.3) is 0 Å². The Kier molecular flexibility index (Phi) is 5.38. The summed E-state index contributed by atoms with van der Waals surface area (Å²) in [6.07, 6.45) is 0.598. The normalized spacial score (nSPS) is 21.2. The first-order valence-corrected chi connectivity index (χ1v) is 9.67. The molecule has 3 rings (SSSR count). The van der Waals surface area contributed by atoms with E-state index in [-0.39, 0.29) is 15.8 Å². The minimum absolute atomic E-state index is 0.00808. The first kappa shape index (κ1) is 18.3. The Bertz CT molecular complexity index is 877. The van der Waals surface area contributed by atoms with Gasteiger partial charge in [-0.25, -0.2) is 21.9 Å². The molecule has 0 saturated carbocycles. The molecular weight excluding hydrogens is 370 g/mol. The van der Waals surface area contributed by atoms with Gasteiger partial charge in [-0.3, -0.25) is 0 Å². The van der Waals surface area contributed by atoms with Crippen LogP contribution in [0, 0.1) is 11.6 Å². The highest BCUT2D eigenvalue weighted by Crippen LogP contribution is 2.29. The molecule has 2 atom stereocenters. The van der Waals surface area contributed by atoms with Gasteiger partial charge in [-0.15, -0.1) is 0 Å². The average Bonchev–Trinajstić information content (AvgIpc) is 2.58. The van der Waals surface area contributed by atoms with Crippen molar-refractivity contribution in [1.29, 1.82) is 0 Å². The van der Waals surface area contributed by atoms with Gasteiger partial charge in [0.15, 0.2) is 11.6 Å². The number of hydrogen-bond donors (Lipinski definition) is 2. The number of piperidine rings is 1. The number of rotatable bonds is 4. The Balaban J connectivity index is 1.89. The van der Waals surface area contributed by atoms with Crippen LogP contribution in [-0.4, -0.2) is 27.5 Å². The lowest BCUT2D eigenvalue weighted by atomic mass is 9.86. The van der Waals surface area contributed by atoms with E-state index in [1.807, 2.05) is 0 Å². The summed E-state index contributed by atoms with van der Waals surface area (Å²) >= 11 is 5.99. The minimum Gasteiger partial charge on any atom is -0.315 e. The Morgan fingerprint density at radius 2 is 1.88 bits per heavy atom. The van der Waals surface area contributed by atoms with Crippen molar-refractivity contribution in [1.82, 2.24) is 10.0 Å². The third-order valence-electron chi connectivity index (χ3n) is 4.29. The van der Waals surface area contributed by atoms with Gasteiger partial charge in [0.1, 0.15) is 4.90 Å². The molecule has 2 N–H and O–H groups in total. The second-order valence-corrected chi connectivity index (χ2v) is 8.02. The average molecular weight is 387 g/mol. The van der Waals surface area contributed by atoms with Crippen molar-refractivity contribution >= 4 is 21.6 Å². The Labute approximate surface area is 150 Å². The maximum atomic E-state index is 13.6. The molecule has 1 aliphatic heterocycles. The Morgan fingerprint density at radius 3 is 2.60 bits per heavy atom. The molecule has 0 amide bonds. The topological polar surface area (TPSA) is 58.2 Å². The predicted octanol–water partition coefficient (Wildman–Crippen LogP) is 3.04. The van der Waals surface area contributed by atoms with Crippen LogP contribution >= 0.6 is 11.6 Å². The molecule has 2 aromatic carbocycles. The standard InChI is InChI=1S/C17H17ClF2N2O2S/c18-13-3-1-2-4-17(13)25(23,24)22-16-10-21-8-7-12(16)11-5-6-14(19)15(20)9-11/h1-6,9,12,16,21-22H,7-8,10H2. The van der Waals surface area contributed by atoms with Gasteiger partial charge in [-0.2, -0.15) is 0 Å². The number of hydrogen-bond acceptors (Lipinski definition) is 3. The van der Waals surface area contributed by atoms with Crippen molar-refractivity contribution in [2.24, 2.45) is 0 Å². The summed E-state index contributed by atoms with van der Waals surface area (Å²) in [6, 6.07) is 9.34. The molecule has 2 unspecified atom stereocenters. The maximum Gasteiger partial charge on any atom is 0.242 e. The lowest BCUT2D eigenvalue weighted by Crippen LogP contribution is -2.49. The molecule has 4 nitrogen and oxygen atoms in total. The van der Waals surface area contributed by atoms with Gasteiger partial charge in [-0.1, -0.05) is 29.8 Å². The SMILES string of the molecule is O=S(=O)(NC1CNCCC1c1ccc(F)c(F)c1)c1ccccc1Cl. The van der Waals surface area contributed by atoms with E-state index < -0.39 is 27.7 Å². The van der Waals surface area contributed by atoms with Gasteiger partial charge in [-0.05, 0) is 42.8 Å². The summed E-state index contributed by atoms with van der Waals surface area (Å²) in [7, 11) is -3.84. The van der Waals surface area contributed by atoms with E-state index >= 15 is 0 Å². The lowest BCUT2D eigenvalue weighted by molar-refractivity contribution is 0.376. The van der Waals surface area contributed by atoms with Crippen molar-refractivity contribution in [2.75, 3.05) is 13.1 Å². The quantitative estimate of drug-likeness (QED) is 0.849. The largest absolute Gasteiger partial charge is 0.315 e. The summed E-state index contributed by atoms with van der Waals surface area (Å²) < 4.78 is 54.7. The zero-order valence-corrected chi connectivity index (χ0v) is 14.7. The molecule has 25 heavy (non-hydrogen) atoms. The fourth-order valence-corrected chi connectivity index (χ4v) is 4.85. The molecule has 0 aliphatic carbocycles. The van der Waals surface area contributed by atoms with Gasteiger partial charge >= 0.3 is 0 Å². The van der Waals surface area contributed by atoms with Crippen molar-refractivity contribution in [3.63, 3.8) is 0 Å². The first-order valence-electron chi connectivity index (χ1n) is 7.81. The second kappa shape index (κ2) is 7.37. The van der Waals surface area contributed by atoms with Crippen LogP contribution in [0.25, 0.3) is 0 Å². The first-order chi connectivity index (χ1) is 11.9. The van der Waals surface area contributed by atoms with E-state index in [0.717, 1.165) is 12.1 Å². The van der Waals surface area contributed by atoms with Crippen molar-refractivity contribution in [2.45, 2.75) is 23.3 Å². The van der Waals surface area contributed by atoms with Gasteiger partial charge in [0.05, 0.1) is 5.02 Å². The van der Waals surface area contributed by atoms with Crippen LogP contribution in [0.5, 0.6) is 0 Å². The molecule has 0 spiro atoms. The summed E-state index contributed by atoms with van der Waals surface area (Å²) in [6.45, 7) is 1.04. The molecular formula is C17H17ClF2N2O2S. The fourth-order valence-electron chi connectivity index (χ4n) is 3.05. The van der Waals surface area contributed by atoms with E-state index in [1.165, 1.54) is 18.2 Å². The number of sulfonamides is 1. The van der Waals surface area contributed by atoms with Crippen LogP contribution in [0.1, 0.15) is 17.9 Å².